The normalized spacial score (nSPS) is 22.5. The summed E-state index contributed by atoms with van der Waals surface area (Å²) in [4.78, 5) is 16.0. The number of pyridine rings is 1. The number of halogens is 3. The van der Waals surface area contributed by atoms with Crippen molar-refractivity contribution in [2.24, 2.45) is 5.92 Å². The van der Waals surface area contributed by atoms with Gasteiger partial charge in [-0.25, -0.2) is 9.37 Å². The maximum Gasteiger partial charge on any atom is 0.249 e. The van der Waals surface area contributed by atoms with Gasteiger partial charge in [-0.05, 0) is 74.2 Å². The van der Waals surface area contributed by atoms with E-state index in [-0.39, 0.29) is 17.7 Å². The minimum Gasteiger partial charge on any atom is -0.307 e. The van der Waals surface area contributed by atoms with Crippen LogP contribution in [0.3, 0.4) is 0 Å². The van der Waals surface area contributed by atoms with E-state index in [1.807, 2.05) is 31.2 Å². The zero-order valence-electron chi connectivity index (χ0n) is 14.0. The number of nitrogens with zero attached hydrogens (tertiary/aromatic N) is 1. The van der Waals surface area contributed by atoms with Crippen molar-refractivity contribution >= 4 is 43.6 Å². The molecule has 1 aliphatic rings. The van der Waals surface area contributed by atoms with Crippen molar-refractivity contribution in [1.82, 2.24) is 4.98 Å². The van der Waals surface area contributed by atoms with Crippen molar-refractivity contribution < 1.29 is 9.18 Å². The summed E-state index contributed by atoms with van der Waals surface area (Å²) in [6, 6.07) is 11.1. The third-order valence-electron chi connectivity index (χ3n) is 4.17. The molecule has 2 aromatic rings. The number of allylic oxidation sites excluding steroid dienone is 3. The number of carbonyl (C=O) groups is 1. The highest BCUT2D eigenvalue weighted by Gasteiger charge is 2.50. The van der Waals surface area contributed by atoms with Gasteiger partial charge in [-0.2, -0.15) is 0 Å². The molecule has 0 bridgehead atoms. The van der Waals surface area contributed by atoms with Crippen molar-refractivity contribution in [3.63, 3.8) is 0 Å². The van der Waals surface area contributed by atoms with E-state index in [0.717, 1.165) is 20.1 Å². The van der Waals surface area contributed by atoms with Gasteiger partial charge in [0.2, 0.25) is 5.91 Å². The van der Waals surface area contributed by atoms with E-state index >= 15 is 0 Å². The zero-order valence-corrected chi connectivity index (χ0v) is 17.2. The minimum absolute atomic E-state index is 0.134. The average molecular weight is 480 g/mol. The number of rotatable bonds is 5. The van der Waals surface area contributed by atoms with E-state index in [9.17, 15) is 9.18 Å². The molecule has 1 N–H and O–H groups in total. The number of hydrogen-bond donors (Lipinski definition) is 1. The molecule has 3 nitrogen and oxygen atoms in total. The molecule has 0 saturated heterocycles. The molecule has 3 atom stereocenters. The van der Waals surface area contributed by atoms with Gasteiger partial charge in [-0.15, -0.1) is 0 Å². The van der Waals surface area contributed by atoms with Gasteiger partial charge in [0.05, 0.1) is 0 Å². The Morgan fingerprint density at radius 2 is 2.04 bits per heavy atom. The Bertz CT molecular complexity index is 867. The second-order valence-corrected chi connectivity index (χ2v) is 7.88. The van der Waals surface area contributed by atoms with Crippen LogP contribution in [0, 0.1) is 5.92 Å². The largest absolute Gasteiger partial charge is 0.307 e. The van der Waals surface area contributed by atoms with Crippen LogP contribution in [0.2, 0.25) is 0 Å². The lowest BCUT2D eigenvalue weighted by Crippen LogP contribution is -2.09. The standard InChI is InChI=1S/C20H17Br2FN2O/c1-12(10-18(26)25-17-4-2-3-9-24-17)5-7-14-19(20(14)23)13-6-8-15(21)16(22)11-13/h2-11,14,19-20H,1H3,(H,24,25,26)/b7-5+,12-10+. The summed E-state index contributed by atoms with van der Waals surface area (Å²) in [5.41, 5.74) is 1.73. The van der Waals surface area contributed by atoms with E-state index in [2.05, 4.69) is 42.2 Å². The Hall–Kier alpha value is -1.79. The Morgan fingerprint density at radius 3 is 2.73 bits per heavy atom. The van der Waals surface area contributed by atoms with Crippen molar-refractivity contribution in [2.75, 3.05) is 5.32 Å². The van der Waals surface area contributed by atoms with Crippen LogP contribution < -0.4 is 5.32 Å². The average Bonchev–Trinajstić information content (AvgIpc) is 3.26. The van der Waals surface area contributed by atoms with Gasteiger partial charge in [0, 0.05) is 33.1 Å². The van der Waals surface area contributed by atoms with Gasteiger partial charge in [-0.3, -0.25) is 4.79 Å². The molecule has 6 heteroatoms. The summed E-state index contributed by atoms with van der Waals surface area (Å²) in [7, 11) is 0. The molecule has 1 aromatic carbocycles. The van der Waals surface area contributed by atoms with Crippen LogP contribution in [0.5, 0.6) is 0 Å². The van der Waals surface area contributed by atoms with Crippen molar-refractivity contribution in [3.8, 4) is 0 Å². The number of anilines is 1. The van der Waals surface area contributed by atoms with Crippen LogP contribution >= 0.6 is 31.9 Å². The zero-order chi connectivity index (χ0) is 18.7. The molecule has 1 amide bonds. The molecule has 1 saturated carbocycles. The van der Waals surface area contributed by atoms with E-state index in [0.29, 0.717) is 5.82 Å². The maximum atomic E-state index is 14.2. The van der Waals surface area contributed by atoms with E-state index in [4.69, 9.17) is 0 Å². The second kappa shape index (κ2) is 8.27. The number of hydrogen-bond acceptors (Lipinski definition) is 2. The SMILES string of the molecule is CC(/C=C/C1C(F)C1c1ccc(Br)c(Br)c1)=C\C(=O)Nc1ccccn1. The van der Waals surface area contributed by atoms with Crippen LogP contribution in [-0.2, 0) is 4.79 Å². The smallest absolute Gasteiger partial charge is 0.249 e. The van der Waals surface area contributed by atoms with Gasteiger partial charge in [0.15, 0.2) is 0 Å². The minimum atomic E-state index is -0.894. The quantitative estimate of drug-likeness (QED) is 0.435. The molecule has 3 rings (SSSR count). The lowest BCUT2D eigenvalue weighted by atomic mass is 10.1. The molecule has 134 valence electrons. The molecule has 1 aromatic heterocycles. The molecule has 0 radical (unpaired) electrons. The van der Waals surface area contributed by atoms with Gasteiger partial charge >= 0.3 is 0 Å². The van der Waals surface area contributed by atoms with Crippen LogP contribution in [-0.4, -0.2) is 17.1 Å². The van der Waals surface area contributed by atoms with Gasteiger partial charge in [-0.1, -0.05) is 24.3 Å². The number of amides is 1. The first-order valence-electron chi connectivity index (χ1n) is 8.13. The molecule has 1 aliphatic carbocycles. The van der Waals surface area contributed by atoms with Gasteiger partial charge in [0.1, 0.15) is 12.0 Å². The fraction of sp³-hybridized carbons (Fsp3) is 0.200. The lowest BCUT2D eigenvalue weighted by Gasteiger charge is -2.01. The Kier molecular flexibility index (Phi) is 6.04. The summed E-state index contributed by atoms with van der Waals surface area (Å²) >= 11 is 6.87. The highest BCUT2D eigenvalue weighted by Crippen LogP contribution is 2.52. The molecule has 26 heavy (non-hydrogen) atoms. The fourth-order valence-electron chi connectivity index (χ4n) is 2.76. The van der Waals surface area contributed by atoms with Crippen molar-refractivity contribution in [2.45, 2.75) is 19.0 Å². The molecule has 3 unspecified atom stereocenters. The Balaban J connectivity index is 1.60. The summed E-state index contributed by atoms with van der Waals surface area (Å²) < 4.78 is 16.0. The van der Waals surface area contributed by atoms with Gasteiger partial charge < -0.3 is 5.32 Å². The Morgan fingerprint density at radius 1 is 1.23 bits per heavy atom. The predicted molar refractivity (Wildman–Crippen MR) is 109 cm³/mol. The van der Waals surface area contributed by atoms with E-state index in [1.165, 1.54) is 6.08 Å². The van der Waals surface area contributed by atoms with Crippen LogP contribution in [0.4, 0.5) is 10.2 Å². The highest BCUT2D eigenvalue weighted by atomic mass is 79.9. The van der Waals surface area contributed by atoms with Crippen molar-refractivity contribution in [1.29, 1.82) is 0 Å². The number of nitrogens with one attached hydrogen (secondary N) is 1. The predicted octanol–water partition coefficient (Wildman–Crippen LogP) is 5.80. The van der Waals surface area contributed by atoms with Crippen LogP contribution in [0.1, 0.15) is 18.4 Å². The first-order chi connectivity index (χ1) is 12.5. The van der Waals surface area contributed by atoms with Crippen LogP contribution in [0.15, 0.2) is 75.3 Å². The molecule has 0 aliphatic heterocycles. The third-order valence-corrected chi connectivity index (χ3v) is 6.05. The number of carbonyl (C=O) groups excluding carboxylic acids is 1. The summed E-state index contributed by atoms with van der Waals surface area (Å²) in [5.74, 6) is -0.0552. The molecular formula is C20H17Br2FN2O. The molecule has 0 spiro atoms. The summed E-state index contributed by atoms with van der Waals surface area (Å²) in [5, 5.41) is 2.69. The van der Waals surface area contributed by atoms with E-state index in [1.54, 1.807) is 30.5 Å². The van der Waals surface area contributed by atoms with Crippen molar-refractivity contribution in [3.05, 3.63) is 80.9 Å². The second-order valence-electron chi connectivity index (χ2n) is 6.17. The fourth-order valence-corrected chi connectivity index (χ4v) is 3.41. The molecular weight excluding hydrogens is 463 g/mol. The lowest BCUT2D eigenvalue weighted by molar-refractivity contribution is -0.112. The maximum absolute atomic E-state index is 14.2. The molecule has 1 fully saturated rings. The Labute approximate surface area is 168 Å². The van der Waals surface area contributed by atoms with Crippen LogP contribution in [0.25, 0.3) is 0 Å². The van der Waals surface area contributed by atoms with E-state index < -0.39 is 6.17 Å². The first kappa shape index (κ1) is 19.0. The number of benzene rings is 1. The topological polar surface area (TPSA) is 42.0 Å². The number of aromatic nitrogens is 1. The highest BCUT2D eigenvalue weighted by molar-refractivity contribution is 9.13. The summed E-state index contributed by atoms with van der Waals surface area (Å²) in [6.45, 7) is 1.81. The van der Waals surface area contributed by atoms with Gasteiger partial charge in [0.25, 0.3) is 0 Å². The first-order valence-corrected chi connectivity index (χ1v) is 9.72. The number of alkyl halides is 1. The molecule has 1 heterocycles. The monoisotopic (exact) mass is 478 g/mol. The third kappa shape index (κ3) is 4.68. The summed E-state index contributed by atoms with van der Waals surface area (Å²) in [6.07, 6.45) is 5.83.